The molecule has 2 fully saturated rings. The number of aromatic amines is 1. The van der Waals surface area contributed by atoms with Crippen molar-refractivity contribution in [3.8, 4) is 6.07 Å². The van der Waals surface area contributed by atoms with Crippen molar-refractivity contribution in [2.45, 2.75) is 6.54 Å². The molecule has 1 aliphatic carbocycles. The highest BCUT2D eigenvalue weighted by molar-refractivity contribution is 5.99. The molecule has 9 heteroatoms. The summed E-state index contributed by atoms with van der Waals surface area (Å²) >= 11 is 0. The van der Waals surface area contributed by atoms with Gasteiger partial charge in [0.2, 0.25) is 0 Å². The number of fused-ring (bicyclic) bond motifs is 6. The molecule has 172 valence electrons. The first-order chi connectivity index (χ1) is 17.1. The van der Waals surface area contributed by atoms with Gasteiger partial charge in [-0.25, -0.2) is 0 Å². The minimum atomic E-state index is -0.0381. The Labute approximate surface area is 200 Å². The molecule has 1 saturated heterocycles. The molecule has 2 aromatic heterocycles. The Morgan fingerprint density at radius 3 is 2.80 bits per heavy atom. The third kappa shape index (κ3) is 2.86. The lowest BCUT2D eigenvalue weighted by molar-refractivity contribution is 0.0765. The van der Waals surface area contributed by atoms with E-state index in [4.69, 9.17) is 0 Å². The maximum atomic E-state index is 13.5. The van der Waals surface area contributed by atoms with Crippen molar-refractivity contribution in [2.24, 2.45) is 17.8 Å². The van der Waals surface area contributed by atoms with E-state index in [1.807, 2.05) is 52.1 Å². The van der Waals surface area contributed by atoms with E-state index in [1.165, 1.54) is 5.57 Å². The second-order valence-corrected chi connectivity index (χ2v) is 9.55. The van der Waals surface area contributed by atoms with Crippen molar-refractivity contribution in [3.63, 3.8) is 0 Å². The van der Waals surface area contributed by atoms with E-state index >= 15 is 0 Å². The Hall–Kier alpha value is -4.45. The highest BCUT2D eigenvalue weighted by atomic mass is 16.2. The van der Waals surface area contributed by atoms with E-state index in [9.17, 15) is 14.9 Å². The molecule has 0 radical (unpaired) electrons. The minimum absolute atomic E-state index is 0.0293. The fourth-order valence-electron chi connectivity index (χ4n) is 6.11. The number of amides is 2. The van der Waals surface area contributed by atoms with Crippen LogP contribution in [0.25, 0.3) is 21.9 Å². The Kier molecular flexibility index (Phi) is 4.15. The van der Waals surface area contributed by atoms with Crippen LogP contribution in [-0.4, -0.2) is 61.2 Å². The fourth-order valence-corrected chi connectivity index (χ4v) is 6.11. The smallest absolute Gasteiger partial charge is 0.270 e. The standard InChI is InChI=1S/C26H21N7O2/c27-7-8-33-23-4-2-1-3-15(23)10-24(33)26(35)32-13-19-17-11-31(12-18(17)20(19)14-32)25(34)16-5-6-21-22(9-16)29-30-28-21/h1-6,9-11,18-20H,8,12-14H2,(H,28,29,30)/t18-,19-,20+/m1/s1. The summed E-state index contributed by atoms with van der Waals surface area (Å²) in [6.07, 6.45) is 1.99. The van der Waals surface area contributed by atoms with E-state index in [2.05, 4.69) is 21.5 Å². The predicted molar refractivity (Wildman–Crippen MR) is 127 cm³/mol. The third-order valence-corrected chi connectivity index (χ3v) is 7.82. The van der Waals surface area contributed by atoms with Crippen LogP contribution in [0.3, 0.4) is 0 Å². The van der Waals surface area contributed by atoms with Crippen LogP contribution in [0.1, 0.15) is 20.8 Å². The number of para-hydroxylation sites is 1. The first-order valence-electron chi connectivity index (χ1n) is 11.7. The van der Waals surface area contributed by atoms with Gasteiger partial charge in [0, 0.05) is 54.1 Å². The normalized spacial score (nSPS) is 22.6. The summed E-state index contributed by atoms with van der Waals surface area (Å²) in [6.45, 7) is 2.10. The highest BCUT2D eigenvalue weighted by Gasteiger charge is 2.55. The van der Waals surface area contributed by atoms with Gasteiger partial charge in [0.15, 0.2) is 0 Å². The molecule has 2 aliphatic heterocycles. The molecular weight excluding hydrogens is 442 g/mol. The number of benzene rings is 2. The molecule has 4 aromatic rings. The molecular formula is C26H21N7O2. The zero-order valence-corrected chi connectivity index (χ0v) is 18.8. The number of nitrogens with one attached hydrogen (secondary N) is 1. The summed E-state index contributed by atoms with van der Waals surface area (Å²) < 4.78 is 1.81. The molecule has 4 heterocycles. The van der Waals surface area contributed by atoms with Gasteiger partial charge in [-0.05, 0) is 41.8 Å². The lowest BCUT2D eigenvalue weighted by Crippen LogP contribution is -2.39. The molecule has 9 nitrogen and oxygen atoms in total. The number of H-pyrrole nitrogens is 1. The van der Waals surface area contributed by atoms with Crippen LogP contribution >= 0.6 is 0 Å². The maximum Gasteiger partial charge on any atom is 0.270 e. The van der Waals surface area contributed by atoms with Crippen molar-refractivity contribution in [1.29, 1.82) is 5.26 Å². The largest absolute Gasteiger partial charge is 0.336 e. The Bertz CT molecular complexity index is 1610. The van der Waals surface area contributed by atoms with Crippen molar-refractivity contribution < 1.29 is 9.59 Å². The Balaban J connectivity index is 1.10. The maximum absolute atomic E-state index is 13.5. The van der Waals surface area contributed by atoms with Gasteiger partial charge in [-0.15, -0.1) is 5.10 Å². The summed E-state index contributed by atoms with van der Waals surface area (Å²) in [5.74, 6) is 0.869. The third-order valence-electron chi connectivity index (χ3n) is 7.82. The molecule has 1 N–H and O–H groups in total. The molecule has 0 bridgehead atoms. The molecule has 0 spiro atoms. The lowest BCUT2D eigenvalue weighted by atomic mass is 9.64. The van der Waals surface area contributed by atoms with E-state index in [0.717, 1.165) is 16.4 Å². The summed E-state index contributed by atoms with van der Waals surface area (Å²) in [7, 11) is 0. The van der Waals surface area contributed by atoms with Gasteiger partial charge in [0.05, 0.1) is 11.6 Å². The average molecular weight is 464 g/mol. The second kappa shape index (κ2) is 7.27. The predicted octanol–water partition coefficient (Wildman–Crippen LogP) is 2.79. The fraction of sp³-hybridized carbons (Fsp3) is 0.269. The molecule has 2 aromatic carbocycles. The quantitative estimate of drug-likeness (QED) is 0.502. The number of hydrogen-bond donors (Lipinski definition) is 1. The zero-order chi connectivity index (χ0) is 23.7. The van der Waals surface area contributed by atoms with Crippen LogP contribution in [0.4, 0.5) is 0 Å². The van der Waals surface area contributed by atoms with Crippen LogP contribution < -0.4 is 0 Å². The number of carbonyl (C=O) groups is 2. The van der Waals surface area contributed by atoms with Crippen molar-refractivity contribution in [2.75, 3.05) is 19.6 Å². The molecule has 1 saturated carbocycles. The number of nitrogens with zero attached hydrogens (tertiary/aromatic N) is 6. The van der Waals surface area contributed by atoms with Gasteiger partial charge in [-0.2, -0.15) is 5.26 Å². The van der Waals surface area contributed by atoms with E-state index < -0.39 is 0 Å². The van der Waals surface area contributed by atoms with Gasteiger partial charge < -0.3 is 14.4 Å². The zero-order valence-electron chi connectivity index (χ0n) is 18.8. The molecule has 2 amide bonds. The van der Waals surface area contributed by atoms with E-state index in [0.29, 0.717) is 48.2 Å². The van der Waals surface area contributed by atoms with Crippen LogP contribution in [0.2, 0.25) is 0 Å². The van der Waals surface area contributed by atoms with Gasteiger partial charge in [-0.1, -0.05) is 23.4 Å². The molecule has 3 atom stereocenters. The topological polar surface area (TPSA) is 111 Å². The number of likely N-dealkylation sites (tertiary alicyclic amines) is 1. The monoisotopic (exact) mass is 463 g/mol. The summed E-state index contributed by atoms with van der Waals surface area (Å²) in [5.41, 5.74) is 4.79. The van der Waals surface area contributed by atoms with Gasteiger partial charge in [0.1, 0.15) is 17.8 Å². The van der Waals surface area contributed by atoms with Crippen LogP contribution in [0.15, 0.2) is 60.3 Å². The number of hydrogen-bond acceptors (Lipinski definition) is 5. The SMILES string of the molecule is N#CCn1c(C(=O)N2C[C@H]3[C@@H]4CN(C(=O)c5ccc6[nH]nnc6c5)C=C4[C@H]3C2)cc2ccccc21. The van der Waals surface area contributed by atoms with Crippen molar-refractivity contribution in [3.05, 3.63) is 71.6 Å². The molecule has 3 aliphatic rings. The lowest BCUT2D eigenvalue weighted by Gasteiger charge is -2.38. The van der Waals surface area contributed by atoms with E-state index in [-0.39, 0.29) is 24.3 Å². The van der Waals surface area contributed by atoms with Crippen molar-refractivity contribution >= 4 is 33.8 Å². The molecule has 35 heavy (non-hydrogen) atoms. The summed E-state index contributed by atoms with van der Waals surface area (Å²) in [4.78, 5) is 30.3. The number of aromatic nitrogens is 4. The number of carbonyl (C=O) groups excluding carboxylic acids is 2. The van der Waals surface area contributed by atoms with Crippen LogP contribution in [0.5, 0.6) is 0 Å². The van der Waals surface area contributed by atoms with Gasteiger partial charge in [-0.3, -0.25) is 14.7 Å². The highest BCUT2D eigenvalue weighted by Crippen LogP contribution is 2.53. The summed E-state index contributed by atoms with van der Waals surface area (Å²) in [5, 5.41) is 20.9. The van der Waals surface area contributed by atoms with E-state index in [1.54, 1.807) is 17.0 Å². The Morgan fingerprint density at radius 1 is 1.06 bits per heavy atom. The molecule has 0 unspecified atom stereocenters. The van der Waals surface area contributed by atoms with Crippen molar-refractivity contribution in [1.82, 2.24) is 29.8 Å². The summed E-state index contributed by atoms with van der Waals surface area (Å²) in [6, 6.07) is 17.2. The first kappa shape index (κ1) is 20.0. The van der Waals surface area contributed by atoms with Crippen LogP contribution in [0, 0.1) is 29.1 Å². The Morgan fingerprint density at radius 2 is 1.91 bits per heavy atom. The number of rotatable bonds is 3. The van der Waals surface area contributed by atoms with Gasteiger partial charge >= 0.3 is 0 Å². The second-order valence-electron chi connectivity index (χ2n) is 9.55. The molecule has 7 rings (SSSR count). The van der Waals surface area contributed by atoms with Crippen LogP contribution in [-0.2, 0) is 6.54 Å². The first-order valence-corrected chi connectivity index (χ1v) is 11.7. The van der Waals surface area contributed by atoms with Gasteiger partial charge in [0.25, 0.3) is 11.8 Å². The number of nitriles is 1. The average Bonchev–Trinajstić information content (AvgIpc) is 3.64. The minimum Gasteiger partial charge on any atom is -0.336 e.